The first-order valence-electron chi connectivity index (χ1n) is 10.3. The molecule has 2 aromatic heterocycles. The molecule has 3 N–H and O–H groups in total. The maximum absolute atomic E-state index is 11.4. The van der Waals surface area contributed by atoms with Crippen LogP contribution in [0.1, 0.15) is 33.9 Å². The Labute approximate surface area is 205 Å². The van der Waals surface area contributed by atoms with E-state index in [1.54, 1.807) is 47.5 Å². The van der Waals surface area contributed by atoms with Gasteiger partial charge in [0, 0.05) is 16.8 Å². The van der Waals surface area contributed by atoms with Gasteiger partial charge in [-0.2, -0.15) is 0 Å². The van der Waals surface area contributed by atoms with Crippen molar-refractivity contribution in [1.29, 1.82) is 0 Å². The number of phenolic OH excluding ortho intramolecular Hbond substituents is 1. The van der Waals surface area contributed by atoms with E-state index in [-0.39, 0.29) is 17.4 Å². The third kappa shape index (κ3) is 3.98. The van der Waals surface area contributed by atoms with Gasteiger partial charge in [-0.05, 0) is 66.8 Å². The SMILES string of the molecule is O=C(O)c1cccc(-c2ccc([C@@H]3[C@H](c4ccccn4)NC(=S)N3c3cc(Cl)ccc3O)o2)c1. The fourth-order valence-electron chi connectivity index (χ4n) is 4.07. The van der Waals surface area contributed by atoms with Crippen LogP contribution in [0, 0.1) is 0 Å². The van der Waals surface area contributed by atoms with Gasteiger partial charge >= 0.3 is 5.97 Å². The first-order valence-corrected chi connectivity index (χ1v) is 11.1. The second-order valence-electron chi connectivity index (χ2n) is 7.72. The zero-order valence-corrected chi connectivity index (χ0v) is 19.1. The van der Waals surface area contributed by atoms with Crippen molar-refractivity contribution >= 4 is 40.6 Å². The molecule has 5 rings (SSSR count). The maximum atomic E-state index is 11.4. The van der Waals surface area contributed by atoms with Gasteiger partial charge in [-0.3, -0.25) is 4.98 Å². The van der Waals surface area contributed by atoms with Crippen LogP contribution in [0.15, 0.2) is 83.4 Å². The van der Waals surface area contributed by atoms with E-state index in [0.29, 0.717) is 32.9 Å². The highest BCUT2D eigenvalue weighted by Crippen LogP contribution is 2.45. The molecule has 7 nitrogen and oxygen atoms in total. The normalized spacial score (nSPS) is 17.6. The maximum Gasteiger partial charge on any atom is 0.335 e. The molecule has 0 bridgehead atoms. The number of rotatable bonds is 5. The molecule has 0 radical (unpaired) electrons. The van der Waals surface area contributed by atoms with Gasteiger partial charge < -0.3 is 24.8 Å². The number of aromatic hydroxyl groups is 1. The highest BCUT2D eigenvalue weighted by atomic mass is 35.5. The van der Waals surface area contributed by atoms with Crippen molar-refractivity contribution in [3.05, 3.63) is 101 Å². The number of aromatic nitrogens is 1. The second-order valence-corrected chi connectivity index (χ2v) is 8.54. The second kappa shape index (κ2) is 8.81. The molecule has 170 valence electrons. The summed E-state index contributed by atoms with van der Waals surface area (Å²) in [5.74, 6) is 0.0574. The molecular weight excluding hydrogens is 474 g/mol. The van der Waals surface area contributed by atoms with Gasteiger partial charge in [0.15, 0.2) is 5.11 Å². The number of halogens is 1. The molecule has 0 amide bonds. The predicted molar refractivity (Wildman–Crippen MR) is 132 cm³/mol. The Morgan fingerprint density at radius 2 is 1.94 bits per heavy atom. The molecule has 0 spiro atoms. The standard InChI is InChI=1S/C25H18ClN3O4S/c26-16-7-8-19(30)18(13-16)29-23(22(28-25(29)34)17-6-1-2-11-27-17)21-10-9-20(33-21)14-4-3-5-15(12-14)24(31)32/h1-13,22-23,30H,(H,28,34)(H,31,32)/t22-,23+/m0/s1. The highest BCUT2D eigenvalue weighted by Gasteiger charge is 2.43. The van der Waals surface area contributed by atoms with Crippen molar-refractivity contribution in [1.82, 2.24) is 10.3 Å². The molecule has 0 aliphatic carbocycles. The average molecular weight is 492 g/mol. The summed E-state index contributed by atoms with van der Waals surface area (Å²) in [6.07, 6.45) is 1.70. The van der Waals surface area contributed by atoms with Crippen LogP contribution < -0.4 is 10.2 Å². The number of nitrogens with zero attached hydrogens (tertiary/aromatic N) is 2. The van der Waals surface area contributed by atoms with Crippen molar-refractivity contribution < 1.29 is 19.4 Å². The number of pyridine rings is 1. The molecule has 34 heavy (non-hydrogen) atoms. The molecule has 2 aromatic carbocycles. The molecule has 1 aliphatic rings. The average Bonchev–Trinajstić information content (AvgIpc) is 3.46. The minimum absolute atomic E-state index is 0.0150. The molecule has 1 fully saturated rings. The lowest BCUT2D eigenvalue weighted by Crippen LogP contribution is -2.29. The Bertz CT molecular complexity index is 1390. The molecule has 1 saturated heterocycles. The van der Waals surface area contributed by atoms with Crippen LogP contribution in [0.3, 0.4) is 0 Å². The Morgan fingerprint density at radius 1 is 1.09 bits per heavy atom. The zero-order valence-electron chi connectivity index (χ0n) is 17.6. The highest BCUT2D eigenvalue weighted by molar-refractivity contribution is 7.80. The lowest BCUT2D eigenvalue weighted by atomic mass is 10.0. The minimum Gasteiger partial charge on any atom is -0.506 e. The fraction of sp³-hybridized carbons (Fsp3) is 0.0800. The number of benzene rings is 2. The summed E-state index contributed by atoms with van der Waals surface area (Å²) in [4.78, 5) is 17.6. The minimum atomic E-state index is -1.02. The lowest BCUT2D eigenvalue weighted by Gasteiger charge is -2.26. The van der Waals surface area contributed by atoms with E-state index in [2.05, 4.69) is 10.3 Å². The Hall–Kier alpha value is -3.88. The van der Waals surface area contributed by atoms with Gasteiger partial charge in [-0.25, -0.2) is 4.79 Å². The van der Waals surface area contributed by atoms with Gasteiger partial charge in [0.1, 0.15) is 23.3 Å². The number of carboxylic acid groups (broad SMARTS) is 1. The number of aromatic carboxylic acids is 1. The monoisotopic (exact) mass is 491 g/mol. The van der Waals surface area contributed by atoms with E-state index in [0.717, 1.165) is 5.69 Å². The Kier molecular flexibility index (Phi) is 5.69. The first kappa shape index (κ1) is 21.9. The molecular formula is C25H18ClN3O4S. The Morgan fingerprint density at radius 3 is 2.71 bits per heavy atom. The summed E-state index contributed by atoms with van der Waals surface area (Å²) < 4.78 is 6.23. The molecule has 3 heterocycles. The van der Waals surface area contributed by atoms with Crippen LogP contribution in [-0.2, 0) is 0 Å². The van der Waals surface area contributed by atoms with Crippen molar-refractivity contribution in [2.45, 2.75) is 12.1 Å². The summed E-state index contributed by atoms with van der Waals surface area (Å²) in [5.41, 5.74) is 1.96. The van der Waals surface area contributed by atoms with Crippen molar-refractivity contribution in [3.8, 4) is 17.1 Å². The quantitative estimate of drug-likeness (QED) is 0.311. The van der Waals surface area contributed by atoms with E-state index in [1.165, 1.54) is 12.1 Å². The summed E-state index contributed by atoms with van der Waals surface area (Å²) in [7, 11) is 0. The van der Waals surface area contributed by atoms with E-state index in [4.69, 9.17) is 28.2 Å². The molecule has 0 saturated carbocycles. The fourth-order valence-corrected chi connectivity index (χ4v) is 4.57. The van der Waals surface area contributed by atoms with Crippen LogP contribution in [0.5, 0.6) is 5.75 Å². The topological polar surface area (TPSA) is 98.8 Å². The number of hydrogen-bond acceptors (Lipinski definition) is 5. The predicted octanol–water partition coefficient (Wildman–Crippen LogP) is 5.58. The zero-order chi connectivity index (χ0) is 23.8. The largest absolute Gasteiger partial charge is 0.506 e. The number of carbonyl (C=O) groups is 1. The van der Waals surface area contributed by atoms with Gasteiger partial charge in [0.25, 0.3) is 0 Å². The van der Waals surface area contributed by atoms with Crippen LogP contribution in [0.4, 0.5) is 5.69 Å². The van der Waals surface area contributed by atoms with E-state index < -0.39 is 12.0 Å². The number of anilines is 1. The summed E-state index contributed by atoms with van der Waals surface area (Å²) >= 11 is 11.9. The molecule has 1 aliphatic heterocycles. The molecule has 4 aromatic rings. The molecule has 0 unspecified atom stereocenters. The summed E-state index contributed by atoms with van der Waals surface area (Å²) in [5, 5.41) is 24.1. The number of hydrogen-bond donors (Lipinski definition) is 3. The first-order chi connectivity index (χ1) is 16.4. The number of nitrogens with one attached hydrogen (secondary N) is 1. The van der Waals surface area contributed by atoms with Gasteiger partial charge in [-0.15, -0.1) is 0 Å². The van der Waals surface area contributed by atoms with Crippen molar-refractivity contribution in [2.24, 2.45) is 0 Å². The molecule has 9 heteroatoms. The van der Waals surface area contributed by atoms with E-state index in [9.17, 15) is 15.0 Å². The lowest BCUT2D eigenvalue weighted by molar-refractivity contribution is 0.0697. The Balaban J connectivity index is 1.62. The number of carboxylic acids is 1. The summed E-state index contributed by atoms with van der Waals surface area (Å²) in [6, 6.07) is 19.6. The van der Waals surface area contributed by atoms with E-state index >= 15 is 0 Å². The smallest absolute Gasteiger partial charge is 0.335 e. The third-order valence-electron chi connectivity index (χ3n) is 5.61. The van der Waals surface area contributed by atoms with Crippen LogP contribution in [0.2, 0.25) is 5.02 Å². The van der Waals surface area contributed by atoms with Crippen molar-refractivity contribution in [3.63, 3.8) is 0 Å². The van der Waals surface area contributed by atoms with Crippen LogP contribution in [-0.4, -0.2) is 26.3 Å². The van der Waals surface area contributed by atoms with Crippen LogP contribution >= 0.6 is 23.8 Å². The summed E-state index contributed by atoms with van der Waals surface area (Å²) in [6.45, 7) is 0. The number of furan rings is 1. The molecule has 2 atom stereocenters. The van der Waals surface area contributed by atoms with Gasteiger partial charge in [0.05, 0.1) is 23.0 Å². The van der Waals surface area contributed by atoms with E-state index in [1.807, 2.05) is 24.3 Å². The van der Waals surface area contributed by atoms with Gasteiger partial charge in [-0.1, -0.05) is 29.8 Å². The van der Waals surface area contributed by atoms with Gasteiger partial charge in [0.2, 0.25) is 0 Å². The van der Waals surface area contributed by atoms with Crippen LogP contribution in [0.25, 0.3) is 11.3 Å². The van der Waals surface area contributed by atoms with Crippen molar-refractivity contribution in [2.75, 3.05) is 4.90 Å². The number of phenols is 1. The third-order valence-corrected chi connectivity index (χ3v) is 6.16. The number of thiocarbonyl (C=S) groups is 1.